The van der Waals surface area contributed by atoms with Gasteiger partial charge in [-0.1, -0.05) is 43.7 Å². The van der Waals surface area contributed by atoms with E-state index in [0.717, 1.165) is 6.42 Å². The number of aliphatic hydroxyl groups is 1. The molecule has 1 aromatic carbocycles. The van der Waals surface area contributed by atoms with Gasteiger partial charge in [0.1, 0.15) is 5.78 Å². The van der Waals surface area contributed by atoms with Crippen molar-refractivity contribution in [2.75, 3.05) is 0 Å². The van der Waals surface area contributed by atoms with Gasteiger partial charge in [0, 0.05) is 6.42 Å². The van der Waals surface area contributed by atoms with Crippen molar-refractivity contribution >= 4 is 5.78 Å². The fourth-order valence-electron chi connectivity index (χ4n) is 2.13. The predicted octanol–water partition coefficient (Wildman–Crippen LogP) is 3.29. The summed E-state index contributed by atoms with van der Waals surface area (Å²) in [4.78, 5) is 11.3. The Balaban J connectivity index is 2.67. The van der Waals surface area contributed by atoms with Gasteiger partial charge >= 0.3 is 0 Å². The van der Waals surface area contributed by atoms with Crippen LogP contribution in [-0.2, 0) is 11.2 Å². The van der Waals surface area contributed by atoms with Crippen molar-refractivity contribution in [1.82, 2.24) is 0 Å². The predicted molar refractivity (Wildman–Crippen MR) is 74.6 cm³/mol. The highest BCUT2D eigenvalue weighted by Crippen LogP contribution is 2.27. The van der Waals surface area contributed by atoms with E-state index in [-0.39, 0.29) is 18.1 Å². The number of carbonyl (C=O) groups excluding carboxylic acids is 1. The quantitative estimate of drug-likeness (QED) is 0.838. The first-order chi connectivity index (χ1) is 8.33. The van der Waals surface area contributed by atoms with Gasteiger partial charge < -0.3 is 5.11 Å². The van der Waals surface area contributed by atoms with Crippen LogP contribution in [0, 0.1) is 12.8 Å². The molecule has 1 atom stereocenters. The lowest BCUT2D eigenvalue weighted by atomic mass is 9.81. The monoisotopic (exact) mass is 248 g/mol. The van der Waals surface area contributed by atoms with Crippen LogP contribution in [0.25, 0.3) is 0 Å². The Bertz CT molecular complexity index is 392. The normalized spacial score (nSPS) is 14.6. The highest BCUT2D eigenvalue weighted by molar-refractivity contribution is 5.76. The number of aryl methyl sites for hydroxylation is 2. The third kappa shape index (κ3) is 4.26. The summed E-state index contributed by atoms with van der Waals surface area (Å²) in [6.07, 6.45) is 1.69. The maximum absolute atomic E-state index is 11.3. The van der Waals surface area contributed by atoms with Gasteiger partial charge in [0.2, 0.25) is 0 Å². The standard InChI is InChI=1S/C16H24O2/c1-12(2)16(18,11-14(4)17)10-9-15-7-5-13(3)6-8-15/h5-8,12,18H,9-11H2,1-4H3. The molecule has 0 aliphatic rings. The minimum atomic E-state index is -0.878. The zero-order valence-corrected chi connectivity index (χ0v) is 11.9. The molecular weight excluding hydrogens is 224 g/mol. The second-order valence-corrected chi connectivity index (χ2v) is 5.62. The molecule has 2 heteroatoms. The minimum Gasteiger partial charge on any atom is -0.389 e. The Morgan fingerprint density at radius 1 is 1.28 bits per heavy atom. The molecule has 1 aromatic rings. The third-order valence-corrected chi connectivity index (χ3v) is 3.60. The number of carbonyl (C=O) groups is 1. The molecule has 1 N–H and O–H groups in total. The number of hydrogen-bond donors (Lipinski definition) is 1. The van der Waals surface area contributed by atoms with Crippen molar-refractivity contribution in [3.63, 3.8) is 0 Å². The molecule has 0 aliphatic carbocycles. The summed E-state index contributed by atoms with van der Waals surface area (Å²) in [7, 11) is 0. The van der Waals surface area contributed by atoms with Crippen LogP contribution >= 0.6 is 0 Å². The lowest BCUT2D eigenvalue weighted by Gasteiger charge is -2.31. The lowest BCUT2D eigenvalue weighted by molar-refractivity contribution is -0.124. The van der Waals surface area contributed by atoms with Crippen LogP contribution in [0.1, 0.15) is 44.7 Å². The molecule has 1 rings (SSSR count). The van der Waals surface area contributed by atoms with Crippen molar-refractivity contribution in [3.05, 3.63) is 35.4 Å². The Morgan fingerprint density at radius 2 is 1.83 bits per heavy atom. The first-order valence-corrected chi connectivity index (χ1v) is 6.61. The molecule has 18 heavy (non-hydrogen) atoms. The molecule has 100 valence electrons. The summed E-state index contributed by atoms with van der Waals surface area (Å²) in [5, 5.41) is 10.6. The van der Waals surface area contributed by atoms with Gasteiger partial charge in [-0.25, -0.2) is 0 Å². The fourth-order valence-corrected chi connectivity index (χ4v) is 2.13. The molecule has 0 radical (unpaired) electrons. The first kappa shape index (κ1) is 14.9. The molecule has 0 saturated carbocycles. The van der Waals surface area contributed by atoms with E-state index < -0.39 is 5.60 Å². The van der Waals surface area contributed by atoms with Gasteiger partial charge in [0.05, 0.1) is 5.60 Å². The minimum absolute atomic E-state index is 0.0510. The van der Waals surface area contributed by atoms with E-state index in [1.165, 1.54) is 11.1 Å². The maximum Gasteiger partial charge on any atom is 0.132 e. The van der Waals surface area contributed by atoms with E-state index >= 15 is 0 Å². The van der Waals surface area contributed by atoms with Crippen molar-refractivity contribution in [3.8, 4) is 0 Å². The summed E-state index contributed by atoms with van der Waals surface area (Å²) in [6, 6.07) is 8.33. The van der Waals surface area contributed by atoms with Crippen LogP contribution in [0.5, 0.6) is 0 Å². The average molecular weight is 248 g/mol. The number of ketones is 1. The van der Waals surface area contributed by atoms with Crippen LogP contribution < -0.4 is 0 Å². The zero-order chi connectivity index (χ0) is 13.8. The highest BCUT2D eigenvalue weighted by atomic mass is 16.3. The summed E-state index contributed by atoms with van der Waals surface area (Å²) >= 11 is 0. The number of benzene rings is 1. The Morgan fingerprint density at radius 3 is 2.28 bits per heavy atom. The molecule has 0 bridgehead atoms. The van der Waals surface area contributed by atoms with E-state index in [2.05, 4.69) is 31.2 Å². The molecule has 0 spiro atoms. The summed E-state index contributed by atoms with van der Waals surface area (Å²) < 4.78 is 0. The lowest BCUT2D eigenvalue weighted by Crippen LogP contribution is -2.37. The van der Waals surface area contributed by atoms with E-state index in [9.17, 15) is 9.90 Å². The number of hydrogen-bond acceptors (Lipinski definition) is 2. The molecule has 0 heterocycles. The van der Waals surface area contributed by atoms with Crippen LogP contribution in [0.4, 0.5) is 0 Å². The first-order valence-electron chi connectivity index (χ1n) is 6.61. The maximum atomic E-state index is 11.3. The zero-order valence-electron chi connectivity index (χ0n) is 11.9. The van der Waals surface area contributed by atoms with E-state index in [1.807, 2.05) is 13.8 Å². The molecular formula is C16H24O2. The van der Waals surface area contributed by atoms with Crippen LogP contribution in [-0.4, -0.2) is 16.5 Å². The topological polar surface area (TPSA) is 37.3 Å². The fraction of sp³-hybridized carbons (Fsp3) is 0.562. The van der Waals surface area contributed by atoms with E-state index in [4.69, 9.17) is 0 Å². The largest absolute Gasteiger partial charge is 0.389 e. The summed E-state index contributed by atoms with van der Waals surface area (Å²) in [5.74, 6) is 0.141. The summed E-state index contributed by atoms with van der Waals surface area (Å²) in [5.41, 5.74) is 1.57. The molecule has 2 nitrogen and oxygen atoms in total. The molecule has 0 aliphatic heterocycles. The second-order valence-electron chi connectivity index (χ2n) is 5.62. The SMILES string of the molecule is CC(=O)CC(O)(CCc1ccc(C)cc1)C(C)C. The van der Waals surface area contributed by atoms with Crippen LogP contribution in [0.2, 0.25) is 0 Å². The Labute approximate surface area is 110 Å². The van der Waals surface area contributed by atoms with Crippen molar-refractivity contribution < 1.29 is 9.90 Å². The third-order valence-electron chi connectivity index (χ3n) is 3.60. The number of Topliss-reactive ketones (excluding diaryl/α,β-unsaturated/α-hetero) is 1. The molecule has 0 amide bonds. The van der Waals surface area contributed by atoms with Gasteiger partial charge in [-0.05, 0) is 38.2 Å². The van der Waals surface area contributed by atoms with E-state index in [1.54, 1.807) is 6.92 Å². The smallest absolute Gasteiger partial charge is 0.132 e. The van der Waals surface area contributed by atoms with Crippen molar-refractivity contribution in [1.29, 1.82) is 0 Å². The molecule has 1 unspecified atom stereocenters. The van der Waals surface area contributed by atoms with Gasteiger partial charge in [0.15, 0.2) is 0 Å². The van der Waals surface area contributed by atoms with Crippen LogP contribution in [0.15, 0.2) is 24.3 Å². The van der Waals surface area contributed by atoms with Crippen LogP contribution in [0.3, 0.4) is 0 Å². The summed E-state index contributed by atoms with van der Waals surface area (Å²) in [6.45, 7) is 7.54. The Kier molecular flexibility index (Phi) is 5.09. The molecule has 0 saturated heterocycles. The van der Waals surface area contributed by atoms with Crippen molar-refractivity contribution in [2.24, 2.45) is 5.92 Å². The molecule has 0 aromatic heterocycles. The number of rotatable bonds is 6. The molecule has 0 fully saturated rings. The van der Waals surface area contributed by atoms with Gasteiger partial charge in [0.25, 0.3) is 0 Å². The van der Waals surface area contributed by atoms with Gasteiger partial charge in [-0.15, -0.1) is 0 Å². The van der Waals surface area contributed by atoms with Crippen molar-refractivity contribution in [2.45, 2.75) is 52.6 Å². The van der Waals surface area contributed by atoms with Gasteiger partial charge in [-0.3, -0.25) is 4.79 Å². The van der Waals surface area contributed by atoms with E-state index in [0.29, 0.717) is 6.42 Å². The highest BCUT2D eigenvalue weighted by Gasteiger charge is 2.31. The average Bonchev–Trinajstić information content (AvgIpc) is 2.27. The second kappa shape index (κ2) is 6.14. The van der Waals surface area contributed by atoms with Gasteiger partial charge in [-0.2, -0.15) is 0 Å². The Hall–Kier alpha value is -1.15.